The Bertz CT molecular complexity index is 1090. The predicted octanol–water partition coefficient (Wildman–Crippen LogP) is 2.60. The van der Waals surface area contributed by atoms with Gasteiger partial charge in [-0.25, -0.2) is 14.6 Å². The van der Waals surface area contributed by atoms with E-state index in [9.17, 15) is 9.59 Å². The first-order valence-electron chi connectivity index (χ1n) is 9.67. The van der Waals surface area contributed by atoms with Crippen molar-refractivity contribution in [3.8, 4) is 5.95 Å². The summed E-state index contributed by atoms with van der Waals surface area (Å²) in [6.45, 7) is 0.630. The lowest BCUT2D eigenvalue weighted by molar-refractivity contribution is -0.118. The van der Waals surface area contributed by atoms with Crippen LogP contribution in [0.1, 0.15) is 32.1 Å². The van der Waals surface area contributed by atoms with E-state index in [1.807, 2.05) is 6.07 Å². The van der Waals surface area contributed by atoms with Crippen LogP contribution in [0.15, 0.2) is 52.2 Å². The van der Waals surface area contributed by atoms with Crippen LogP contribution in [0.5, 0.6) is 0 Å². The summed E-state index contributed by atoms with van der Waals surface area (Å²) in [4.78, 5) is 33.9. The molecule has 150 valence electrons. The summed E-state index contributed by atoms with van der Waals surface area (Å²) < 4.78 is 1.36. The number of benzene rings is 1. The van der Waals surface area contributed by atoms with E-state index in [0.29, 0.717) is 22.6 Å². The van der Waals surface area contributed by atoms with Gasteiger partial charge in [0.05, 0.1) is 16.7 Å². The molecule has 0 saturated heterocycles. The van der Waals surface area contributed by atoms with Crippen molar-refractivity contribution in [3.63, 3.8) is 0 Å². The first-order chi connectivity index (χ1) is 14.2. The number of H-pyrrole nitrogens is 1. The maximum atomic E-state index is 13.0. The molecule has 0 bridgehead atoms. The van der Waals surface area contributed by atoms with Crippen molar-refractivity contribution in [2.75, 3.05) is 12.3 Å². The molecule has 1 amide bonds. The molecule has 3 aromatic rings. The zero-order chi connectivity index (χ0) is 20.1. The lowest BCUT2D eigenvalue weighted by Crippen LogP contribution is -2.28. The minimum absolute atomic E-state index is 0.0852. The van der Waals surface area contributed by atoms with E-state index in [0.717, 1.165) is 19.3 Å². The molecule has 29 heavy (non-hydrogen) atoms. The predicted molar refractivity (Wildman–Crippen MR) is 112 cm³/mol. The third-order valence-electron chi connectivity index (χ3n) is 4.84. The number of nitrogens with one attached hydrogen (secondary N) is 2. The van der Waals surface area contributed by atoms with E-state index in [2.05, 4.69) is 31.6 Å². The number of thioether (sulfide) groups is 1. The second-order valence-corrected chi connectivity index (χ2v) is 7.80. The number of amides is 1. The number of aromatic amines is 1. The zero-order valence-corrected chi connectivity index (χ0v) is 16.7. The molecule has 0 spiro atoms. The molecule has 2 N–H and O–H groups in total. The van der Waals surface area contributed by atoms with E-state index >= 15 is 0 Å². The van der Waals surface area contributed by atoms with Gasteiger partial charge in [-0.2, -0.15) is 10.1 Å². The van der Waals surface area contributed by atoms with Crippen LogP contribution in [0.3, 0.4) is 0 Å². The number of carbonyl (C=O) groups excluding carboxylic acids is 1. The van der Waals surface area contributed by atoms with Crippen LogP contribution in [0, 0.1) is 0 Å². The molecule has 2 heterocycles. The quantitative estimate of drug-likeness (QED) is 0.352. The average Bonchev–Trinajstić information content (AvgIpc) is 3.27. The van der Waals surface area contributed by atoms with Crippen LogP contribution in [0.2, 0.25) is 0 Å². The fraction of sp³-hybridized carbons (Fsp3) is 0.350. The van der Waals surface area contributed by atoms with Crippen molar-refractivity contribution in [3.05, 3.63) is 52.6 Å². The lowest BCUT2D eigenvalue weighted by atomic mass is 9.97. The summed E-state index contributed by atoms with van der Waals surface area (Å²) in [6.07, 6.45) is 9.30. The van der Waals surface area contributed by atoms with E-state index < -0.39 is 0 Å². The Kier molecular flexibility index (Phi) is 6.04. The monoisotopic (exact) mass is 410 g/mol. The maximum Gasteiger partial charge on any atom is 0.269 e. The second kappa shape index (κ2) is 9.04. The van der Waals surface area contributed by atoms with Gasteiger partial charge in [-0.15, -0.1) is 0 Å². The van der Waals surface area contributed by atoms with Crippen LogP contribution in [0.4, 0.5) is 0 Å². The van der Waals surface area contributed by atoms with E-state index in [4.69, 9.17) is 0 Å². The van der Waals surface area contributed by atoms with Gasteiger partial charge in [-0.05, 0) is 44.2 Å². The number of allylic oxidation sites excluding steroid dienone is 1. The highest BCUT2D eigenvalue weighted by Crippen LogP contribution is 2.21. The van der Waals surface area contributed by atoms with Crippen LogP contribution in [-0.4, -0.2) is 42.9 Å². The Balaban J connectivity index is 1.47. The van der Waals surface area contributed by atoms with Gasteiger partial charge in [0.2, 0.25) is 11.9 Å². The van der Waals surface area contributed by atoms with E-state index in [1.165, 1.54) is 41.1 Å². The molecule has 0 unspecified atom stereocenters. The second-order valence-electron chi connectivity index (χ2n) is 6.86. The molecule has 0 radical (unpaired) electrons. The molecular formula is C20H22N6O2S. The van der Waals surface area contributed by atoms with Gasteiger partial charge in [0.15, 0.2) is 5.16 Å². The maximum absolute atomic E-state index is 13.0. The van der Waals surface area contributed by atoms with Crippen molar-refractivity contribution in [2.45, 2.75) is 37.3 Å². The minimum Gasteiger partial charge on any atom is -0.355 e. The smallest absolute Gasteiger partial charge is 0.269 e. The minimum atomic E-state index is -0.250. The molecule has 2 aromatic heterocycles. The number of hydrogen-bond donors (Lipinski definition) is 2. The molecule has 9 heteroatoms. The summed E-state index contributed by atoms with van der Waals surface area (Å²) in [5.41, 5.74) is 1.76. The first kappa shape index (κ1) is 19.4. The van der Waals surface area contributed by atoms with Crippen LogP contribution in [0.25, 0.3) is 16.9 Å². The summed E-state index contributed by atoms with van der Waals surface area (Å²) in [5.74, 6) is 0.358. The summed E-state index contributed by atoms with van der Waals surface area (Å²) >= 11 is 1.21. The molecule has 1 aliphatic carbocycles. The largest absolute Gasteiger partial charge is 0.355 e. The normalized spacial score (nSPS) is 14.0. The molecule has 0 atom stereocenters. The summed E-state index contributed by atoms with van der Waals surface area (Å²) in [5, 5.41) is 10.4. The fourth-order valence-corrected chi connectivity index (χ4v) is 4.20. The number of para-hydroxylation sites is 1. The van der Waals surface area contributed by atoms with Gasteiger partial charge in [0.1, 0.15) is 6.33 Å². The molecule has 0 aliphatic heterocycles. The van der Waals surface area contributed by atoms with Gasteiger partial charge in [-0.3, -0.25) is 9.59 Å². The molecule has 0 saturated carbocycles. The van der Waals surface area contributed by atoms with Crippen molar-refractivity contribution in [2.24, 2.45) is 0 Å². The Hall–Kier alpha value is -2.94. The number of carbonyl (C=O) groups is 1. The molecular weight excluding hydrogens is 388 g/mol. The molecule has 1 aromatic carbocycles. The lowest BCUT2D eigenvalue weighted by Gasteiger charge is -2.13. The standard InChI is InChI=1S/C20H22N6O2S/c27-17(21-11-10-14-6-2-1-3-7-14)12-29-20-24-16-9-5-4-8-15(16)18(28)26(20)19-22-13-23-25-19/h4-6,8-9,13H,1-3,7,10-12H2,(H,21,27)(H,22,23,25). The van der Waals surface area contributed by atoms with Gasteiger partial charge in [0, 0.05) is 6.54 Å². The topological polar surface area (TPSA) is 106 Å². The van der Waals surface area contributed by atoms with Gasteiger partial charge >= 0.3 is 0 Å². The number of aromatic nitrogens is 5. The fourth-order valence-electron chi connectivity index (χ4n) is 3.38. The first-order valence-corrected chi connectivity index (χ1v) is 10.7. The Morgan fingerprint density at radius 3 is 2.97 bits per heavy atom. The Labute approximate surface area is 171 Å². The highest BCUT2D eigenvalue weighted by molar-refractivity contribution is 7.99. The van der Waals surface area contributed by atoms with Crippen LogP contribution < -0.4 is 10.9 Å². The van der Waals surface area contributed by atoms with Crippen LogP contribution >= 0.6 is 11.8 Å². The number of nitrogens with zero attached hydrogens (tertiary/aromatic N) is 4. The van der Waals surface area contributed by atoms with E-state index in [-0.39, 0.29) is 23.2 Å². The average molecular weight is 411 g/mol. The summed E-state index contributed by atoms with van der Waals surface area (Å²) in [6, 6.07) is 7.12. The number of rotatable bonds is 7. The number of fused-ring (bicyclic) bond motifs is 1. The highest BCUT2D eigenvalue weighted by atomic mass is 32.2. The third kappa shape index (κ3) is 4.56. The van der Waals surface area contributed by atoms with Gasteiger partial charge < -0.3 is 5.32 Å². The van der Waals surface area contributed by atoms with Crippen molar-refractivity contribution in [1.29, 1.82) is 0 Å². The van der Waals surface area contributed by atoms with Crippen molar-refractivity contribution in [1.82, 2.24) is 30.0 Å². The van der Waals surface area contributed by atoms with Crippen molar-refractivity contribution < 1.29 is 4.79 Å². The zero-order valence-electron chi connectivity index (χ0n) is 15.9. The highest BCUT2D eigenvalue weighted by Gasteiger charge is 2.16. The molecule has 1 aliphatic rings. The molecule has 4 rings (SSSR count). The van der Waals surface area contributed by atoms with E-state index in [1.54, 1.807) is 18.2 Å². The Morgan fingerprint density at radius 2 is 2.17 bits per heavy atom. The Morgan fingerprint density at radius 1 is 1.28 bits per heavy atom. The van der Waals surface area contributed by atoms with Crippen molar-refractivity contribution >= 4 is 28.6 Å². The SMILES string of the molecule is O=C(CSc1nc2ccccc2c(=O)n1-c1ncn[nH]1)NCCC1=CCCCC1. The summed E-state index contributed by atoms with van der Waals surface area (Å²) in [7, 11) is 0. The van der Waals surface area contributed by atoms with Gasteiger partial charge in [-0.1, -0.05) is 35.5 Å². The molecule has 0 fully saturated rings. The van der Waals surface area contributed by atoms with Crippen LogP contribution in [-0.2, 0) is 4.79 Å². The third-order valence-corrected chi connectivity index (χ3v) is 5.78. The van der Waals surface area contributed by atoms with Gasteiger partial charge in [0.25, 0.3) is 5.56 Å². The number of hydrogen-bond acceptors (Lipinski definition) is 6. The molecule has 8 nitrogen and oxygen atoms in total.